The van der Waals surface area contributed by atoms with Gasteiger partial charge in [-0.1, -0.05) is 0 Å². The molecule has 104 valence electrons. The monoisotopic (exact) mass is 283 g/mol. The Kier molecular flexibility index (Phi) is 4.86. The Morgan fingerprint density at radius 1 is 1.63 bits per heavy atom. The van der Waals surface area contributed by atoms with E-state index < -0.39 is 0 Å². The first-order chi connectivity index (χ1) is 9.19. The molecule has 1 aromatic heterocycles. The van der Waals surface area contributed by atoms with Gasteiger partial charge < -0.3 is 15.4 Å². The number of ether oxygens (including phenoxy) is 1. The number of hydrogen-bond acceptors (Lipinski definition) is 6. The van der Waals surface area contributed by atoms with Crippen LogP contribution in [0.25, 0.3) is 0 Å². The summed E-state index contributed by atoms with van der Waals surface area (Å²) in [5.41, 5.74) is 0.623. The van der Waals surface area contributed by atoms with Gasteiger partial charge in [-0.15, -0.1) is 11.3 Å². The van der Waals surface area contributed by atoms with Crippen molar-refractivity contribution in [1.82, 2.24) is 10.3 Å². The summed E-state index contributed by atoms with van der Waals surface area (Å²) < 4.78 is 4.85. The summed E-state index contributed by atoms with van der Waals surface area (Å²) in [6.07, 6.45) is 2.01. The molecule has 2 heterocycles. The number of thiazole rings is 1. The minimum atomic E-state index is -0.303. The zero-order valence-electron chi connectivity index (χ0n) is 10.8. The van der Waals surface area contributed by atoms with E-state index in [0.29, 0.717) is 17.4 Å². The number of nitrogens with one attached hydrogen (secondary N) is 2. The standard InChI is InChI=1S/C12H17N3O3S/c1-2-18-10(16)6-8-7-19-12(14-8)15-11(17)9-4-3-5-13-9/h7,9,13H,2-6H2,1H3,(H,14,15,17). The van der Waals surface area contributed by atoms with Crippen LogP contribution in [0.3, 0.4) is 0 Å². The number of hydrogen-bond donors (Lipinski definition) is 2. The average Bonchev–Trinajstić information content (AvgIpc) is 3.00. The molecule has 1 aliphatic rings. The van der Waals surface area contributed by atoms with E-state index in [1.165, 1.54) is 11.3 Å². The molecule has 1 fully saturated rings. The molecule has 0 aromatic carbocycles. The van der Waals surface area contributed by atoms with E-state index in [1.54, 1.807) is 12.3 Å². The largest absolute Gasteiger partial charge is 0.466 e. The highest BCUT2D eigenvalue weighted by Crippen LogP contribution is 2.17. The molecule has 1 aliphatic heterocycles. The fourth-order valence-corrected chi connectivity index (χ4v) is 2.62. The Labute approximate surface area is 115 Å². The van der Waals surface area contributed by atoms with Crippen LogP contribution in [0.2, 0.25) is 0 Å². The minimum Gasteiger partial charge on any atom is -0.466 e. The maximum absolute atomic E-state index is 11.9. The molecule has 19 heavy (non-hydrogen) atoms. The second-order valence-electron chi connectivity index (χ2n) is 4.26. The first-order valence-corrected chi connectivity index (χ1v) is 7.21. The SMILES string of the molecule is CCOC(=O)Cc1csc(NC(=O)C2CCCN2)n1. The minimum absolute atomic E-state index is 0.0606. The molecule has 1 aromatic rings. The number of nitrogens with zero attached hydrogens (tertiary/aromatic N) is 1. The Bertz CT molecular complexity index is 455. The molecule has 0 spiro atoms. The Hall–Kier alpha value is -1.47. The van der Waals surface area contributed by atoms with Gasteiger partial charge in [-0.3, -0.25) is 9.59 Å². The Balaban J connectivity index is 1.86. The van der Waals surface area contributed by atoms with Crippen molar-refractivity contribution in [3.8, 4) is 0 Å². The van der Waals surface area contributed by atoms with Crippen molar-refractivity contribution in [2.45, 2.75) is 32.2 Å². The molecular formula is C12H17N3O3S. The molecule has 2 N–H and O–H groups in total. The van der Waals surface area contributed by atoms with Gasteiger partial charge in [0.05, 0.1) is 24.8 Å². The topological polar surface area (TPSA) is 80.3 Å². The Morgan fingerprint density at radius 3 is 3.16 bits per heavy atom. The van der Waals surface area contributed by atoms with Crippen molar-refractivity contribution >= 4 is 28.3 Å². The molecule has 1 atom stereocenters. The average molecular weight is 283 g/mol. The quantitative estimate of drug-likeness (QED) is 0.786. The van der Waals surface area contributed by atoms with Gasteiger partial charge in [0.2, 0.25) is 5.91 Å². The number of aromatic nitrogens is 1. The summed E-state index contributed by atoms with van der Waals surface area (Å²) in [6, 6.07) is -0.127. The second kappa shape index (κ2) is 6.63. The van der Waals surface area contributed by atoms with E-state index in [2.05, 4.69) is 15.6 Å². The number of carbonyl (C=O) groups is 2. The lowest BCUT2D eigenvalue weighted by atomic mass is 10.2. The van der Waals surface area contributed by atoms with Gasteiger partial charge in [-0.25, -0.2) is 4.98 Å². The highest BCUT2D eigenvalue weighted by molar-refractivity contribution is 7.13. The van der Waals surface area contributed by atoms with Gasteiger partial charge in [-0.2, -0.15) is 0 Å². The summed E-state index contributed by atoms with van der Waals surface area (Å²) in [6.45, 7) is 3.00. The predicted molar refractivity (Wildman–Crippen MR) is 72.1 cm³/mol. The van der Waals surface area contributed by atoms with Crippen LogP contribution in [0, 0.1) is 0 Å². The summed E-state index contributed by atoms with van der Waals surface area (Å²) in [4.78, 5) is 27.4. The van der Waals surface area contributed by atoms with Crippen molar-refractivity contribution in [3.05, 3.63) is 11.1 Å². The summed E-state index contributed by atoms with van der Waals surface area (Å²) in [5.74, 6) is -0.363. The lowest BCUT2D eigenvalue weighted by Crippen LogP contribution is -2.35. The number of anilines is 1. The van der Waals surface area contributed by atoms with E-state index in [0.717, 1.165) is 19.4 Å². The van der Waals surface area contributed by atoms with Crippen LogP contribution < -0.4 is 10.6 Å². The molecule has 1 unspecified atom stereocenters. The Morgan fingerprint density at radius 2 is 2.47 bits per heavy atom. The smallest absolute Gasteiger partial charge is 0.311 e. The van der Waals surface area contributed by atoms with Crippen LogP contribution in [0.15, 0.2) is 5.38 Å². The fourth-order valence-electron chi connectivity index (χ4n) is 1.91. The van der Waals surface area contributed by atoms with Crippen LogP contribution in [-0.2, 0) is 20.7 Å². The van der Waals surface area contributed by atoms with E-state index >= 15 is 0 Å². The third-order valence-electron chi connectivity index (χ3n) is 2.79. The number of carbonyl (C=O) groups excluding carboxylic acids is 2. The second-order valence-corrected chi connectivity index (χ2v) is 5.12. The van der Waals surface area contributed by atoms with E-state index in [4.69, 9.17) is 4.74 Å². The van der Waals surface area contributed by atoms with Crippen LogP contribution in [0.5, 0.6) is 0 Å². The molecule has 6 nitrogen and oxygen atoms in total. The molecule has 1 saturated heterocycles. The van der Waals surface area contributed by atoms with Gasteiger partial charge >= 0.3 is 5.97 Å². The third-order valence-corrected chi connectivity index (χ3v) is 3.60. The number of amides is 1. The van der Waals surface area contributed by atoms with Gasteiger partial charge in [0.15, 0.2) is 5.13 Å². The van der Waals surface area contributed by atoms with Crippen molar-refractivity contribution in [2.24, 2.45) is 0 Å². The fraction of sp³-hybridized carbons (Fsp3) is 0.583. The van der Waals surface area contributed by atoms with Gasteiger partial charge in [0.25, 0.3) is 0 Å². The molecule has 0 aliphatic carbocycles. The van der Waals surface area contributed by atoms with E-state index in [9.17, 15) is 9.59 Å². The van der Waals surface area contributed by atoms with Crippen molar-refractivity contribution in [1.29, 1.82) is 0 Å². The lowest BCUT2D eigenvalue weighted by molar-refractivity contribution is -0.142. The molecule has 2 rings (SSSR count). The number of rotatable bonds is 5. The first-order valence-electron chi connectivity index (χ1n) is 6.33. The first kappa shape index (κ1) is 14.0. The summed E-state index contributed by atoms with van der Waals surface area (Å²) in [7, 11) is 0. The zero-order chi connectivity index (χ0) is 13.7. The molecule has 0 radical (unpaired) electrons. The normalized spacial score (nSPS) is 18.3. The van der Waals surface area contributed by atoms with Crippen molar-refractivity contribution in [3.63, 3.8) is 0 Å². The maximum atomic E-state index is 11.9. The number of esters is 1. The molecule has 1 amide bonds. The van der Waals surface area contributed by atoms with E-state index in [-0.39, 0.29) is 24.3 Å². The highest BCUT2D eigenvalue weighted by Gasteiger charge is 2.22. The summed E-state index contributed by atoms with van der Waals surface area (Å²) >= 11 is 1.32. The molecule has 0 saturated carbocycles. The van der Waals surface area contributed by atoms with Crippen LogP contribution in [-0.4, -0.2) is 36.1 Å². The molecule has 7 heteroatoms. The zero-order valence-corrected chi connectivity index (χ0v) is 11.6. The van der Waals surface area contributed by atoms with Gasteiger partial charge in [0, 0.05) is 5.38 Å². The third kappa shape index (κ3) is 4.00. The van der Waals surface area contributed by atoms with Gasteiger partial charge in [-0.05, 0) is 26.3 Å². The highest BCUT2D eigenvalue weighted by atomic mass is 32.1. The van der Waals surface area contributed by atoms with E-state index in [1.807, 2.05) is 0 Å². The van der Waals surface area contributed by atoms with Crippen LogP contribution in [0.4, 0.5) is 5.13 Å². The van der Waals surface area contributed by atoms with Crippen LogP contribution >= 0.6 is 11.3 Å². The molecule has 0 bridgehead atoms. The predicted octanol–water partition coefficient (Wildman–Crippen LogP) is 0.939. The van der Waals surface area contributed by atoms with Crippen molar-refractivity contribution in [2.75, 3.05) is 18.5 Å². The molecular weight excluding hydrogens is 266 g/mol. The maximum Gasteiger partial charge on any atom is 0.311 e. The lowest BCUT2D eigenvalue weighted by Gasteiger charge is -2.08. The van der Waals surface area contributed by atoms with Crippen LogP contribution in [0.1, 0.15) is 25.5 Å². The van der Waals surface area contributed by atoms with Crippen molar-refractivity contribution < 1.29 is 14.3 Å². The van der Waals surface area contributed by atoms with Gasteiger partial charge in [0.1, 0.15) is 0 Å². The summed E-state index contributed by atoms with van der Waals surface area (Å²) in [5, 5.41) is 8.17.